The maximum Gasteiger partial charge on any atom is 0.326 e. The van der Waals surface area contributed by atoms with E-state index in [1.54, 1.807) is 22.8 Å². The largest absolute Gasteiger partial charge is 0.506 e. The van der Waals surface area contributed by atoms with Crippen molar-refractivity contribution in [2.75, 3.05) is 0 Å². The number of imidazole rings is 1. The van der Waals surface area contributed by atoms with Crippen LogP contribution in [0, 0.1) is 0 Å². The number of H-pyrrole nitrogens is 1. The van der Waals surface area contributed by atoms with Crippen molar-refractivity contribution in [1.82, 2.24) is 9.55 Å². The van der Waals surface area contributed by atoms with Crippen molar-refractivity contribution in [3.8, 4) is 5.75 Å². The number of aromatic hydroxyl groups is 1. The minimum Gasteiger partial charge on any atom is -0.506 e. The smallest absolute Gasteiger partial charge is 0.326 e. The van der Waals surface area contributed by atoms with E-state index in [1.807, 2.05) is 30.3 Å². The van der Waals surface area contributed by atoms with Crippen molar-refractivity contribution in [2.24, 2.45) is 0 Å². The van der Waals surface area contributed by atoms with Crippen LogP contribution in [0.25, 0.3) is 11.0 Å². The summed E-state index contributed by atoms with van der Waals surface area (Å²) in [7, 11) is 0. The lowest BCUT2D eigenvalue weighted by Crippen LogP contribution is -2.17. The molecule has 18 heavy (non-hydrogen) atoms. The average Bonchev–Trinajstić information content (AvgIpc) is 2.69. The van der Waals surface area contributed by atoms with E-state index in [-0.39, 0.29) is 11.4 Å². The standard InChI is InChI=1S/C14H12N2O2/c17-12-8-4-7-11-13(12)16(14(18)15-11)9-10-5-2-1-3-6-10/h1-8,17H,9H2,(H,15,18). The van der Waals surface area contributed by atoms with Crippen LogP contribution in [0.15, 0.2) is 53.3 Å². The van der Waals surface area contributed by atoms with Gasteiger partial charge in [0.2, 0.25) is 0 Å². The van der Waals surface area contributed by atoms with Crippen molar-refractivity contribution in [1.29, 1.82) is 0 Å². The minimum absolute atomic E-state index is 0.113. The van der Waals surface area contributed by atoms with Gasteiger partial charge in [0.15, 0.2) is 0 Å². The van der Waals surface area contributed by atoms with Gasteiger partial charge in [-0.2, -0.15) is 0 Å². The van der Waals surface area contributed by atoms with Gasteiger partial charge in [-0.05, 0) is 17.7 Å². The molecule has 4 nitrogen and oxygen atoms in total. The normalized spacial score (nSPS) is 10.9. The van der Waals surface area contributed by atoms with Crippen LogP contribution in [0.2, 0.25) is 0 Å². The summed E-state index contributed by atoms with van der Waals surface area (Å²) in [6.07, 6.45) is 0. The predicted molar refractivity (Wildman–Crippen MR) is 69.8 cm³/mol. The molecule has 0 bridgehead atoms. The second-order valence-corrected chi connectivity index (χ2v) is 4.18. The van der Waals surface area contributed by atoms with Crippen LogP contribution in [0.5, 0.6) is 5.75 Å². The highest BCUT2D eigenvalue weighted by atomic mass is 16.3. The molecule has 0 saturated heterocycles. The summed E-state index contributed by atoms with van der Waals surface area (Å²) in [6.45, 7) is 0.442. The topological polar surface area (TPSA) is 58.0 Å². The summed E-state index contributed by atoms with van der Waals surface area (Å²) >= 11 is 0. The molecular formula is C14H12N2O2. The number of para-hydroxylation sites is 1. The molecule has 0 radical (unpaired) electrons. The Morgan fingerprint density at radius 2 is 1.83 bits per heavy atom. The zero-order valence-electron chi connectivity index (χ0n) is 9.63. The fourth-order valence-electron chi connectivity index (χ4n) is 2.12. The number of fused-ring (bicyclic) bond motifs is 1. The van der Waals surface area contributed by atoms with Gasteiger partial charge in [0.1, 0.15) is 11.3 Å². The van der Waals surface area contributed by atoms with Crippen molar-refractivity contribution < 1.29 is 5.11 Å². The molecule has 0 aliphatic heterocycles. The molecule has 3 aromatic rings. The quantitative estimate of drug-likeness (QED) is 0.720. The lowest BCUT2D eigenvalue weighted by molar-refractivity contribution is 0.478. The number of aromatic amines is 1. The second kappa shape index (κ2) is 4.07. The first kappa shape index (κ1) is 10.7. The summed E-state index contributed by atoms with van der Waals surface area (Å²) in [5, 5.41) is 9.86. The number of aromatic nitrogens is 2. The van der Waals surface area contributed by atoms with Crippen molar-refractivity contribution >= 4 is 11.0 Å². The molecule has 90 valence electrons. The van der Waals surface area contributed by atoms with Crippen LogP contribution in [0.4, 0.5) is 0 Å². The lowest BCUT2D eigenvalue weighted by Gasteiger charge is -2.04. The van der Waals surface area contributed by atoms with E-state index in [2.05, 4.69) is 4.98 Å². The molecular weight excluding hydrogens is 228 g/mol. The Kier molecular flexibility index (Phi) is 2.41. The molecule has 0 spiro atoms. The summed E-state index contributed by atoms with van der Waals surface area (Å²) < 4.78 is 1.54. The molecule has 0 aliphatic rings. The molecule has 1 aromatic heterocycles. The van der Waals surface area contributed by atoms with Gasteiger partial charge in [-0.25, -0.2) is 4.79 Å². The Bertz CT molecular complexity index is 741. The summed E-state index contributed by atoms with van der Waals surface area (Å²) in [6, 6.07) is 14.7. The molecule has 0 unspecified atom stereocenters. The summed E-state index contributed by atoms with van der Waals surface area (Å²) in [5.41, 5.74) is 2.00. The molecule has 0 amide bonds. The van der Waals surface area contributed by atoms with Crippen molar-refractivity contribution in [2.45, 2.75) is 6.54 Å². The fourth-order valence-corrected chi connectivity index (χ4v) is 2.12. The van der Waals surface area contributed by atoms with Crippen LogP contribution in [0.3, 0.4) is 0 Å². The zero-order valence-corrected chi connectivity index (χ0v) is 9.63. The molecule has 1 heterocycles. The van der Waals surface area contributed by atoms with Gasteiger partial charge in [0.05, 0.1) is 12.1 Å². The molecule has 4 heteroatoms. The number of benzene rings is 2. The monoisotopic (exact) mass is 240 g/mol. The van der Waals surface area contributed by atoms with Gasteiger partial charge < -0.3 is 10.1 Å². The number of phenolic OH excluding ortho intramolecular Hbond substituents is 1. The SMILES string of the molecule is O=c1[nH]c2cccc(O)c2n1Cc1ccccc1. The predicted octanol–water partition coefficient (Wildman–Crippen LogP) is 2.08. The van der Waals surface area contributed by atoms with E-state index in [4.69, 9.17) is 0 Å². The number of rotatable bonds is 2. The Labute approximate surface area is 103 Å². The van der Waals surface area contributed by atoms with Crippen LogP contribution in [0.1, 0.15) is 5.56 Å². The second-order valence-electron chi connectivity index (χ2n) is 4.18. The van der Waals surface area contributed by atoms with E-state index < -0.39 is 0 Å². The maximum absolute atomic E-state index is 11.9. The van der Waals surface area contributed by atoms with Gasteiger partial charge in [0, 0.05) is 0 Å². The van der Waals surface area contributed by atoms with E-state index >= 15 is 0 Å². The molecule has 2 N–H and O–H groups in total. The molecule has 3 rings (SSSR count). The number of nitrogens with zero attached hydrogens (tertiary/aromatic N) is 1. The van der Waals surface area contributed by atoms with E-state index in [1.165, 1.54) is 0 Å². The highest BCUT2D eigenvalue weighted by Crippen LogP contribution is 2.22. The van der Waals surface area contributed by atoms with Gasteiger partial charge in [-0.3, -0.25) is 4.57 Å². The van der Waals surface area contributed by atoms with E-state index in [0.29, 0.717) is 17.6 Å². The number of phenols is 1. The van der Waals surface area contributed by atoms with Crippen LogP contribution in [-0.4, -0.2) is 14.7 Å². The average molecular weight is 240 g/mol. The zero-order chi connectivity index (χ0) is 12.5. The van der Waals surface area contributed by atoms with Crippen LogP contribution >= 0.6 is 0 Å². The van der Waals surface area contributed by atoms with Crippen LogP contribution < -0.4 is 5.69 Å². The van der Waals surface area contributed by atoms with Gasteiger partial charge >= 0.3 is 5.69 Å². The Balaban J connectivity index is 2.17. The third kappa shape index (κ3) is 1.68. The molecule has 0 saturated carbocycles. The van der Waals surface area contributed by atoms with Crippen molar-refractivity contribution in [3.63, 3.8) is 0 Å². The maximum atomic E-state index is 11.9. The summed E-state index contributed by atoms with van der Waals surface area (Å²) in [4.78, 5) is 14.6. The third-order valence-corrected chi connectivity index (χ3v) is 2.95. The number of hydrogen-bond donors (Lipinski definition) is 2. The van der Waals surface area contributed by atoms with Crippen LogP contribution in [-0.2, 0) is 6.54 Å². The lowest BCUT2D eigenvalue weighted by atomic mass is 10.2. The Morgan fingerprint density at radius 3 is 2.61 bits per heavy atom. The molecule has 0 aliphatic carbocycles. The number of nitrogens with one attached hydrogen (secondary N) is 1. The fraction of sp³-hybridized carbons (Fsp3) is 0.0714. The molecule has 0 fully saturated rings. The first-order chi connectivity index (χ1) is 8.75. The Morgan fingerprint density at radius 1 is 1.06 bits per heavy atom. The first-order valence-corrected chi connectivity index (χ1v) is 5.70. The van der Waals surface area contributed by atoms with E-state index in [9.17, 15) is 9.90 Å². The third-order valence-electron chi connectivity index (χ3n) is 2.95. The molecule has 0 atom stereocenters. The van der Waals surface area contributed by atoms with Gasteiger partial charge in [0.25, 0.3) is 0 Å². The Hall–Kier alpha value is -2.49. The van der Waals surface area contributed by atoms with Crippen molar-refractivity contribution in [3.05, 3.63) is 64.6 Å². The van der Waals surface area contributed by atoms with E-state index in [0.717, 1.165) is 5.56 Å². The molecule has 2 aromatic carbocycles. The first-order valence-electron chi connectivity index (χ1n) is 5.70. The highest BCUT2D eigenvalue weighted by molar-refractivity contribution is 5.81. The highest BCUT2D eigenvalue weighted by Gasteiger charge is 2.10. The number of hydrogen-bond acceptors (Lipinski definition) is 2. The minimum atomic E-state index is -0.213. The van der Waals surface area contributed by atoms with Gasteiger partial charge in [-0.1, -0.05) is 36.4 Å². The summed E-state index contributed by atoms with van der Waals surface area (Å²) in [5.74, 6) is 0.113. The van der Waals surface area contributed by atoms with Gasteiger partial charge in [-0.15, -0.1) is 0 Å².